The van der Waals surface area contributed by atoms with E-state index in [2.05, 4.69) is 10.3 Å². The molecule has 0 atom stereocenters. The van der Waals surface area contributed by atoms with Crippen molar-refractivity contribution < 1.29 is 14.0 Å². The van der Waals surface area contributed by atoms with Crippen LogP contribution in [0.2, 0.25) is 0 Å². The number of aromatic nitrogens is 1. The van der Waals surface area contributed by atoms with Gasteiger partial charge in [0.05, 0.1) is 5.69 Å². The van der Waals surface area contributed by atoms with Crippen LogP contribution in [0.25, 0.3) is 0 Å². The highest BCUT2D eigenvalue weighted by atomic mass is 19.1. The Bertz CT molecular complexity index is 897. The van der Waals surface area contributed by atoms with Crippen LogP contribution in [0.15, 0.2) is 18.2 Å². The van der Waals surface area contributed by atoms with Gasteiger partial charge >= 0.3 is 0 Å². The van der Waals surface area contributed by atoms with Gasteiger partial charge in [-0.2, -0.15) is 0 Å². The number of amides is 1. The molecular formula is C22H28FN3O2. The van der Waals surface area contributed by atoms with Crippen LogP contribution < -0.4 is 10.2 Å². The minimum absolute atomic E-state index is 0.0913. The van der Waals surface area contributed by atoms with Gasteiger partial charge in [-0.1, -0.05) is 19.3 Å². The Morgan fingerprint density at radius 2 is 1.86 bits per heavy atom. The van der Waals surface area contributed by atoms with Crippen molar-refractivity contribution in [2.24, 2.45) is 0 Å². The van der Waals surface area contributed by atoms with Crippen molar-refractivity contribution in [1.82, 2.24) is 4.98 Å². The summed E-state index contributed by atoms with van der Waals surface area (Å²) in [6.07, 6.45) is 5.78. The van der Waals surface area contributed by atoms with E-state index >= 15 is 0 Å². The van der Waals surface area contributed by atoms with Gasteiger partial charge in [-0.25, -0.2) is 4.39 Å². The van der Waals surface area contributed by atoms with Crippen LogP contribution in [0.3, 0.4) is 0 Å². The molecule has 1 amide bonds. The average molecular weight is 385 g/mol. The molecule has 2 aromatic rings. The molecule has 5 nitrogen and oxygen atoms in total. The third-order valence-electron chi connectivity index (χ3n) is 5.72. The predicted molar refractivity (Wildman–Crippen MR) is 110 cm³/mol. The maximum atomic E-state index is 14.7. The summed E-state index contributed by atoms with van der Waals surface area (Å²) < 4.78 is 14.7. The SMILES string of the molecule is CC(=O)c1c(C)[nH]c(C(=O)Nc2ccc(N(C)C3CCCCC3)c(F)c2)c1C. The Balaban J connectivity index is 1.76. The number of hydrogen-bond acceptors (Lipinski definition) is 3. The summed E-state index contributed by atoms with van der Waals surface area (Å²) in [5.41, 5.74) is 3.06. The number of aromatic amines is 1. The molecule has 0 saturated heterocycles. The first-order chi connectivity index (χ1) is 13.3. The van der Waals surface area contributed by atoms with E-state index in [0.717, 1.165) is 12.8 Å². The molecule has 0 bridgehead atoms. The van der Waals surface area contributed by atoms with Crippen LogP contribution in [-0.2, 0) is 0 Å². The number of anilines is 2. The molecule has 1 heterocycles. The number of hydrogen-bond donors (Lipinski definition) is 2. The van der Waals surface area contributed by atoms with Gasteiger partial charge in [0.2, 0.25) is 0 Å². The minimum atomic E-state index is -0.388. The zero-order valence-electron chi connectivity index (χ0n) is 17.0. The van der Waals surface area contributed by atoms with Crippen molar-refractivity contribution in [3.05, 3.63) is 46.5 Å². The normalized spacial score (nSPS) is 14.8. The summed E-state index contributed by atoms with van der Waals surface area (Å²) in [6.45, 7) is 4.97. The average Bonchev–Trinajstić information content (AvgIpc) is 2.96. The molecule has 6 heteroatoms. The second kappa shape index (κ2) is 8.17. The maximum absolute atomic E-state index is 14.7. The maximum Gasteiger partial charge on any atom is 0.272 e. The Morgan fingerprint density at radius 3 is 2.43 bits per heavy atom. The number of halogens is 1. The largest absolute Gasteiger partial charge is 0.369 e. The molecule has 1 fully saturated rings. The molecule has 0 radical (unpaired) electrons. The van der Waals surface area contributed by atoms with Crippen molar-refractivity contribution in [3.8, 4) is 0 Å². The predicted octanol–water partition coefficient (Wildman–Crippen LogP) is 4.99. The lowest BCUT2D eigenvalue weighted by atomic mass is 9.94. The molecular weight excluding hydrogens is 357 g/mol. The highest BCUT2D eigenvalue weighted by Gasteiger charge is 2.22. The number of rotatable bonds is 5. The standard InChI is InChI=1S/C22H28FN3O2/c1-13-20(15(3)27)14(2)24-21(13)22(28)25-16-10-11-19(18(23)12-16)26(4)17-8-6-5-7-9-17/h10-12,17,24H,5-9H2,1-4H3,(H,25,28). The van der Waals surface area contributed by atoms with Crippen LogP contribution in [0.1, 0.15) is 71.1 Å². The summed E-state index contributed by atoms with van der Waals surface area (Å²) in [7, 11) is 1.93. The first-order valence-corrected chi connectivity index (χ1v) is 9.83. The Kier molecular flexibility index (Phi) is 5.87. The van der Waals surface area contributed by atoms with Gasteiger partial charge in [0.1, 0.15) is 11.5 Å². The molecule has 0 spiro atoms. The molecule has 1 aliphatic carbocycles. The summed E-state index contributed by atoms with van der Waals surface area (Å²) in [4.78, 5) is 29.3. The van der Waals surface area contributed by atoms with Gasteiger partial charge in [-0.05, 0) is 57.4 Å². The first-order valence-electron chi connectivity index (χ1n) is 9.83. The third-order valence-corrected chi connectivity index (χ3v) is 5.72. The second-order valence-corrected chi connectivity index (χ2v) is 7.70. The van der Waals surface area contributed by atoms with Crippen LogP contribution in [0.5, 0.6) is 0 Å². The van der Waals surface area contributed by atoms with Gasteiger partial charge in [-0.15, -0.1) is 0 Å². The lowest BCUT2D eigenvalue weighted by Gasteiger charge is -2.33. The van der Waals surface area contributed by atoms with Crippen molar-refractivity contribution >= 4 is 23.1 Å². The van der Waals surface area contributed by atoms with E-state index in [-0.39, 0.29) is 17.5 Å². The van der Waals surface area contributed by atoms with E-state index in [1.165, 1.54) is 32.3 Å². The summed E-state index contributed by atoms with van der Waals surface area (Å²) in [5.74, 6) is -0.831. The van der Waals surface area contributed by atoms with Gasteiger partial charge in [0, 0.05) is 30.0 Å². The molecule has 1 aliphatic rings. The lowest BCUT2D eigenvalue weighted by molar-refractivity contribution is 0.101. The molecule has 0 aliphatic heterocycles. The number of nitrogens with one attached hydrogen (secondary N) is 2. The molecule has 1 aromatic heterocycles. The Hall–Kier alpha value is -2.63. The van der Waals surface area contributed by atoms with Gasteiger partial charge in [0.15, 0.2) is 5.78 Å². The topological polar surface area (TPSA) is 65.2 Å². The van der Waals surface area contributed by atoms with E-state index in [0.29, 0.717) is 39.9 Å². The molecule has 1 aromatic carbocycles. The zero-order valence-corrected chi connectivity index (χ0v) is 17.0. The zero-order chi connectivity index (χ0) is 20.4. The highest BCUT2D eigenvalue weighted by molar-refractivity contribution is 6.07. The monoisotopic (exact) mass is 385 g/mol. The summed E-state index contributed by atoms with van der Waals surface area (Å²) in [6, 6.07) is 5.14. The van der Waals surface area contributed by atoms with E-state index in [4.69, 9.17) is 0 Å². The number of nitrogens with zero attached hydrogens (tertiary/aromatic N) is 1. The van der Waals surface area contributed by atoms with Gasteiger partial charge < -0.3 is 15.2 Å². The van der Waals surface area contributed by atoms with Crippen LogP contribution >= 0.6 is 0 Å². The molecule has 1 saturated carbocycles. The summed E-state index contributed by atoms with van der Waals surface area (Å²) in [5, 5.41) is 2.73. The van der Waals surface area contributed by atoms with E-state index < -0.39 is 0 Å². The molecule has 3 rings (SSSR count). The number of H-pyrrole nitrogens is 1. The third kappa shape index (κ3) is 3.96. The van der Waals surface area contributed by atoms with Crippen LogP contribution in [0.4, 0.5) is 15.8 Å². The molecule has 150 valence electrons. The summed E-state index contributed by atoms with van der Waals surface area (Å²) >= 11 is 0. The van der Waals surface area contributed by atoms with Crippen molar-refractivity contribution in [1.29, 1.82) is 0 Å². The van der Waals surface area contributed by atoms with Gasteiger partial charge in [0.25, 0.3) is 5.91 Å². The van der Waals surface area contributed by atoms with Crippen LogP contribution in [-0.4, -0.2) is 29.8 Å². The quantitative estimate of drug-likeness (QED) is 0.712. The Morgan fingerprint density at radius 1 is 1.18 bits per heavy atom. The number of benzene rings is 1. The highest BCUT2D eigenvalue weighted by Crippen LogP contribution is 2.29. The first kappa shape index (κ1) is 20.1. The van der Waals surface area contributed by atoms with E-state index in [9.17, 15) is 14.0 Å². The lowest BCUT2D eigenvalue weighted by Crippen LogP contribution is -2.33. The molecule has 2 N–H and O–H groups in total. The smallest absolute Gasteiger partial charge is 0.272 e. The fourth-order valence-electron chi connectivity index (χ4n) is 4.23. The van der Waals surface area contributed by atoms with Crippen LogP contribution in [0, 0.1) is 19.7 Å². The number of carbonyl (C=O) groups excluding carboxylic acids is 2. The Labute approximate surface area is 165 Å². The minimum Gasteiger partial charge on any atom is -0.369 e. The number of carbonyl (C=O) groups is 2. The number of ketones is 1. The second-order valence-electron chi connectivity index (χ2n) is 7.70. The van der Waals surface area contributed by atoms with Crippen molar-refractivity contribution in [2.75, 3.05) is 17.3 Å². The fraction of sp³-hybridized carbons (Fsp3) is 0.455. The van der Waals surface area contributed by atoms with E-state index in [1.807, 2.05) is 11.9 Å². The van der Waals surface area contributed by atoms with Crippen molar-refractivity contribution in [3.63, 3.8) is 0 Å². The number of aryl methyl sites for hydroxylation is 1. The van der Waals surface area contributed by atoms with E-state index in [1.54, 1.807) is 26.0 Å². The van der Waals surface area contributed by atoms with Crippen molar-refractivity contribution in [2.45, 2.75) is 58.9 Å². The fourth-order valence-corrected chi connectivity index (χ4v) is 4.23. The number of Topliss-reactive ketones (excluding diaryl/α,β-unsaturated/α-hetero) is 1. The molecule has 0 unspecified atom stereocenters. The van der Waals surface area contributed by atoms with Gasteiger partial charge in [-0.3, -0.25) is 9.59 Å². The molecule has 28 heavy (non-hydrogen) atoms.